The van der Waals surface area contributed by atoms with Gasteiger partial charge in [-0.2, -0.15) is 0 Å². The average molecular weight is 284 g/mol. The maximum atomic E-state index is 4.37. The van der Waals surface area contributed by atoms with E-state index in [2.05, 4.69) is 30.2 Å². The van der Waals surface area contributed by atoms with Crippen LogP contribution in [0.5, 0.6) is 0 Å². The predicted molar refractivity (Wildman–Crippen MR) is 82.4 cm³/mol. The van der Waals surface area contributed by atoms with Crippen molar-refractivity contribution in [3.05, 3.63) is 36.2 Å². The predicted octanol–water partition coefficient (Wildman–Crippen LogP) is 1.69. The van der Waals surface area contributed by atoms with Crippen LogP contribution in [0, 0.1) is 12.8 Å². The van der Waals surface area contributed by atoms with Gasteiger partial charge in [0.2, 0.25) is 0 Å². The number of aromatic nitrogens is 4. The van der Waals surface area contributed by atoms with Gasteiger partial charge >= 0.3 is 0 Å². The van der Waals surface area contributed by atoms with Gasteiger partial charge < -0.3 is 10.2 Å². The third-order valence-corrected chi connectivity index (χ3v) is 3.88. The van der Waals surface area contributed by atoms with Crippen molar-refractivity contribution in [2.45, 2.75) is 19.8 Å². The first-order valence-electron chi connectivity index (χ1n) is 7.27. The number of nitrogens with zero attached hydrogens (tertiary/aromatic N) is 5. The molecule has 0 amide bonds. The smallest absolute Gasteiger partial charge is 0.132 e. The number of rotatable bonds is 4. The van der Waals surface area contributed by atoms with Crippen LogP contribution in [0.3, 0.4) is 0 Å². The van der Waals surface area contributed by atoms with Gasteiger partial charge in [0.25, 0.3) is 0 Å². The van der Waals surface area contributed by atoms with Crippen LogP contribution in [0.1, 0.15) is 17.8 Å². The molecule has 110 valence electrons. The van der Waals surface area contributed by atoms with Crippen molar-refractivity contribution in [1.29, 1.82) is 0 Å². The van der Waals surface area contributed by atoms with Crippen molar-refractivity contribution in [3.63, 3.8) is 0 Å². The third kappa shape index (κ3) is 3.26. The number of aryl methyl sites for hydroxylation is 1. The van der Waals surface area contributed by atoms with Crippen LogP contribution in [0.15, 0.2) is 24.8 Å². The Balaban J connectivity index is 1.64. The summed E-state index contributed by atoms with van der Waals surface area (Å²) in [5, 5.41) is 3.05. The van der Waals surface area contributed by atoms with Gasteiger partial charge in [0.15, 0.2) is 0 Å². The van der Waals surface area contributed by atoms with E-state index in [4.69, 9.17) is 0 Å². The van der Waals surface area contributed by atoms with Crippen LogP contribution in [-0.4, -0.2) is 40.1 Å². The van der Waals surface area contributed by atoms with Crippen molar-refractivity contribution in [2.75, 3.05) is 30.4 Å². The Bertz CT molecular complexity index is 615. The average Bonchev–Trinajstić information content (AvgIpc) is 2.96. The topological polar surface area (TPSA) is 66.8 Å². The molecule has 0 radical (unpaired) electrons. The highest BCUT2D eigenvalue weighted by molar-refractivity contribution is 5.40. The standard InChI is InChI=1S/C15H20N6/c1-11-5-15(20-9-17-11)21-4-3-12(8-21)6-13-7-14(16-2)19-10-18-13/h5,7,9-10,12H,3-4,6,8H2,1-2H3,(H,16,18,19)/t12-/m0/s1. The maximum Gasteiger partial charge on any atom is 0.132 e. The van der Waals surface area contributed by atoms with Crippen molar-refractivity contribution in [1.82, 2.24) is 19.9 Å². The van der Waals surface area contributed by atoms with E-state index in [1.54, 1.807) is 12.7 Å². The molecule has 0 bridgehead atoms. The molecule has 0 spiro atoms. The minimum absolute atomic E-state index is 0.611. The summed E-state index contributed by atoms with van der Waals surface area (Å²) in [6, 6.07) is 4.07. The SMILES string of the molecule is CNc1cc(C[C@@H]2CCN(c3cc(C)ncn3)C2)ncn1. The Morgan fingerprint density at radius 2 is 2.05 bits per heavy atom. The minimum atomic E-state index is 0.611. The highest BCUT2D eigenvalue weighted by atomic mass is 15.2. The minimum Gasteiger partial charge on any atom is -0.373 e. The fourth-order valence-corrected chi connectivity index (χ4v) is 2.76. The molecule has 0 saturated carbocycles. The van der Waals surface area contributed by atoms with E-state index in [-0.39, 0.29) is 0 Å². The van der Waals surface area contributed by atoms with Crippen LogP contribution in [-0.2, 0) is 6.42 Å². The Labute approximate surface area is 124 Å². The number of hydrogen-bond donors (Lipinski definition) is 1. The number of hydrogen-bond acceptors (Lipinski definition) is 6. The van der Waals surface area contributed by atoms with Crippen molar-refractivity contribution in [2.24, 2.45) is 5.92 Å². The highest BCUT2D eigenvalue weighted by Crippen LogP contribution is 2.24. The molecule has 2 aromatic rings. The Morgan fingerprint density at radius 1 is 1.19 bits per heavy atom. The Kier molecular flexibility index (Phi) is 3.94. The lowest BCUT2D eigenvalue weighted by Gasteiger charge is -2.17. The molecule has 1 fully saturated rings. The molecule has 1 saturated heterocycles. The first kappa shape index (κ1) is 13.7. The van der Waals surface area contributed by atoms with E-state index in [0.29, 0.717) is 5.92 Å². The van der Waals surface area contributed by atoms with E-state index >= 15 is 0 Å². The summed E-state index contributed by atoms with van der Waals surface area (Å²) in [5.41, 5.74) is 2.11. The Morgan fingerprint density at radius 3 is 2.86 bits per heavy atom. The lowest BCUT2D eigenvalue weighted by molar-refractivity contribution is 0.576. The first-order valence-corrected chi connectivity index (χ1v) is 7.27. The molecule has 0 unspecified atom stereocenters. The van der Waals surface area contributed by atoms with Crippen LogP contribution in [0.25, 0.3) is 0 Å². The van der Waals surface area contributed by atoms with Gasteiger partial charge in [0.05, 0.1) is 0 Å². The lowest BCUT2D eigenvalue weighted by Crippen LogP contribution is -2.21. The summed E-state index contributed by atoms with van der Waals surface area (Å²) < 4.78 is 0. The zero-order valence-electron chi connectivity index (χ0n) is 12.5. The Hall–Kier alpha value is -2.24. The zero-order valence-corrected chi connectivity index (χ0v) is 12.5. The van der Waals surface area contributed by atoms with E-state index in [1.807, 2.05) is 26.1 Å². The zero-order chi connectivity index (χ0) is 14.7. The second kappa shape index (κ2) is 6.03. The van der Waals surface area contributed by atoms with Crippen LogP contribution >= 0.6 is 0 Å². The lowest BCUT2D eigenvalue weighted by atomic mass is 10.0. The maximum absolute atomic E-state index is 4.37. The summed E-state index contributed by atoms with van der Waals surface area (Å²) in [6.07, 6.45) is 5.42. The molecule has 6 heteroatoms. The molecule has 1 aliphatic rings. The molecule has 0 aromatic carbocycles. The van der Waals surface area contributed by atoms with Crippen molar-refractivity contribution in [3.8, 4) is 0 Å². The molecule has 3 heterocycles. The fraction of sp³-hybridized carbons (Fsp3) is 0.467. The summed E-state index contributed by atoms with van der Waals surface area (Å²) in [4.78, 5) is 19.4. The number of anilines is 2. The van der Waals surface area contributed by atoms with Crippen LogP contribution in [0.2, 0.25) is 0 Å². The van der Waals surface area contributed by atoms with E-state index in [9.17, 15) is 0 Å². The second-order valence-corrected chi connectivity index (χ2v) is 5.47. The summed E-state index contributed by atoms with van der Waals surface area (Å²) >= 11 is 0. The van der Waals surface area contributed by atoms with Gasteiger partial charge in [-0.15, -0.1) is 0 Å². The number of nitrogens with one attached hydrogen (secondary N) is 1. The molecule has 6 nitrogen and oxygen atoms in total. The second-order valence-electron chi connectivity index (χ2n) is 5.47. The van der Waals surface area contributed by atoms with Crippen molar-refractivity contribution >= 4 is 11.6 Å². The monoisotopic (exact) mass is 284 g/mol. The van der Waals surface area contributed by atoms with Crippen molar-refractivity contribution < 1.29 is 0 Å². The molecule has 1 aliphatic heterocycles. The highest BCUT2D eigenvalue weighted by Gasteiger charge is 2.24. The van der Waals surface area contributed by atoms with Crippen LogP contribution < -0.4 is 10.2 Å². The van der Waals surface area contributed by atoms with Crippen LogP contribution in [0.4, 0.5) is 11.6 Å². The van der Waals surface area contributed by atoms with Gasteiger partial charge in [-0.3, -0.25) is 0 Å². The molecule has 1 N–H and O–H groups in total. The van der Waals surface area contributed by atoms with Gasteiger partial charge in [0.1, 0.15) is 24.3 Å². The molecule has 2 aromatic heterocycles. The summed E-state index contributed by atoms with van der Waals surface area (Å²) in [5.74, 6) is 2.52. The largest absolute Gasteiger partial charge is 0.373 e. The van der Waals surface area contributed by atoms with Gasteiger partial charge in [0, 0.05) is 43.7 Å². The normalized spacial score (nSPS) is 18.0. The van der Waals surface area contributed by atoms with Gasteiger partial charge in [-0.25, -0.2) is 19.9 Å². The van der Waals surface area contributed by atoms with E-state index in [0.717, 1.165) is 42.5 Å². The molecular weight excluding hydrogens is 264 g/mol. The fourth-order valence-electron chi connectivity index (χ4n) is 2.76. The van der Waals surface area contributed by atoms with Gasteiger partial charge in [-0.05, 0) is 25.7 Å². The quantitative estimate of drug-likeness (QED) is 0.921. The molecule has 0 aliphatic carbocycles. The van der Waals surface area contributed by atoms with E-state index < -0.39 is 0 Å². The molecule has 3 rings (SSSR count). The third-order valence-electron chi connectivity index (χ3n) is 3.88. The first-order chi connectivity index (χ1) is 10.2. The summed E-state index contributed by atoms with van der Waals surface area (Å²) in [6.45, 7) is 4.07. The molecular formula is C15H20N6. The molecule has 1 atom stereocenters. The van der Waals surface area contributed by atoms with Gasteiger partial charge in [-0.1, -0.05) is 0 Å². The molecule has 21 heavy (non-hydrogen) atoms. The van der Waals surface area contributed by atoms with E-state index in [1.165, 1.54) is 6.42 Å². The summed E-state index contributed by atoms with van der Waals surface area (Å²) in [7, 11) is 1.88.